The molecule has 0 spiro atoms. The number of carbonyl (C=O) groups is 1. The zero-order chi connectivity index (χ0) is 13.3. The molecule has 1 aliphatic heterocycles. The maximum atomic E-state index is 11.3. The second kappa shape index (κ2) is 4.88. The Morgan fingerprint density at radius 3 is 2.83 bits per heavy atom. The third-order valence-corrected chi connectivity index (χ3v) is 4.10. The van der Waals surface area contributed by atoms with Crippen molar-refractivity contribution in [3.63, 3.8) is 0 Å². The third kappa shape index (κ3) is 2.51. The van der Waals surface area contributed by atoms with E-state index in [4.69, 9.17) is 4.74 Å². The monoisotopic (exact) mass is 250 g/mol. The van der Waals surface area contributed by atoms with E-state index in [0.717, 1.165) is 18.4 Å². The Kier molecular flexibility index (Phi) is 3.62. The normalized spacial score (nSPS) is 35.4. The van der Waals surface area contributed by atoms with Gasteiger partial charge in [-0.15, -0.1) is 6.58 Å². The van der Waals surface area contributed by atoms with Crippen molar-refractivity contribution < 1.29 is 14.6 Å². The molecule has 2 unspecified atom stereocenters. The number of aliphatic hydroxyl groups excluding tert-OH is 1. The molecular weight excluding hydrogens is 228 g/mol. The first-order valence-electron chi connectivity index (χ1n) is 6.57. The summed E-state index contributed by atoms with van der Waals surface area (Å²) in [5.41, 5.74) is 2.73. The minimum Gasteiger partial charge on any atom is -0.461 e. The van der Waals surface area contributed by atoms with Gasteiger partial charge in [0.05, 0.1) is 13.0 Å². The van der Waals surface area contributed by atoms with Crippen molar-refractivity contribution in [2.24, 2.45) is 17.3 Å². The fourth-order valence-corrected chi connectivity index (χ4v) is 3.20. The van der Waals surface area contributed by atoms with Crippen molar-refractivity contribution in [2.75, 3.05) is 13.2 Å². The number of allylic oxidation sites excluding steroid dienone is 2. The molecule has 100 valence electrons. The lowest BCUT2D eigenvalue weighted by molar-refractivity contribution is -0.146. The van der Waals surface area contributed by atoms with Gasteiger partial charge < -0.3 is 9.84 Å². The summed E-state index contributed by atoms with van der Waals surface area (Å²) in [4.78, 5) is 11.3. The van der Waals surface area contributed by atoms with Gasteiger partial charge in [-0.3, -0.25) is 4.79 Å². The number of cyclic esters (lactones) is 1. The Morgan fingerprint density at radius 1 is 1.50 bits per heavy atom. The molecule has 0 aromatic rings. The van der Waals surface area contributed by atoms with Crippen molar-refractivity contribution >= 4 is 5.97 Å². The standard InChI is InChI=1S/C15H22O3/c1-4-10-6-15(2,3)7-12(10)13-9-18-14(17)5-11(13)8-16/h4,10-11,16H,1,5-9H2,2-3H3. The minimum absolute atomic E-state index is 0.0260. The summed E-state index contributed by atoms with van der Waals surface area (Å²) in [6.07, 6.45) is 4.38. The molecule has 0 bridgehead atoms. The van der Waals surface area contributed by atoms with Crippen LogP contribution < -0.4 is 0 Å². The molecule has 1 N–H and O–H groups in total. The Hall–Kier alpha value is -1.09. The SMILES string of the molecule is C=CC1CC(C)(C)CC1=C1COC(=O)CC1CO. The van der Waals surface area contributed by atoms with Crippen molar-refractivity contribution in [1.82, 2.24) is 0 Å². The highest BCUT2D eigenvalue weighted by atomic mass is 16.5. The van der Waals surface area contributed by atoms with Gasteiger partial charge >= 0.3 is 5.97 Å². The van der Waals surface area contributed by atoms with E-state index >= 15 is 0 Å². The number of hydrogen-bond acceptors (Lipinski definition) is 3. The predicted molar refractivity (Wildman–Crippen MR) is 69.9 cm³/mol. The molecule has 2 aliphatic rings. The molecule has 18 heavy (non-hydrogen) atoms. The lowest BCUT2D eigenvalue weighted by atomic mass is 9.86. The summed E-state index contributed by atoms with van der Waals surface area (Å²) < 4.78 is 5.15. The summed E-state index contributed by atoms with van der Waals surface area (Å²) in [6, 6.07) is 0. The van der Waals surface area contributed by atoms with Crippen LogP contribution in [-0.2, 0) is 9.53 Å². The molecule has 2 rings (SSSR count). The number of aliphatic hydroxyl groups is 1. The lowest BCUT2D eigenvalue weighted by Gasteiger charge is -2.27. The molecule has 0 aromatic carbocycles. The van der Waals surface area contributed by atoms with E-state index in [-0.39, 0.29) is 23.9 Å². The van der Waals surface area contributed by atoms with Crippen molar-refractivity contribution in [3.05, 3.63) is 23.8 Å². The van der Waals surface area contributed by atoms with Gasteiger partial charge in [-0.25, -0.2) is 0 Å². The van der Waals surface area contributed by atoms with Gasteiger partial charge in [0.2, 0.25) is 0 Å². The highest BCUT2D eigenvalue weighted by Crippen LogP contribution is 2.48. The molecular formula is C15H22O3. The van der Waals surface area contributed by atoms with Crippen LogP contribution in [0.15, 0.2) is 23.8 Å². The number of ether oxygens (including phenoxy) is 1. The van der Waals surface area contributed by atoms with E-state index in [1.807, 2.05) is 6.08 Å². The molecule has 2 fully saturated rings. The Morgan fingerprint density at radius 2 is 2.22 bits per heavy atom. The van der Waals surface area contributed by atoms with Crippen LogP contribution in [0.4, 0.5) is 0 Å². The zero-order valence-corrected chi connectivity index (χ0v) is 11.2. The summed E-state index contributed by atoms with van der Waals surface area (Å²) >= 11 is 0. The molecule has 1 heterocycles. The van der Waals surface area contributed by atoms with E-state index in [0.29, 0.717) is 18.9 Å². The summed E-state index contributed by atoms with van der Waals surface area (Å²) in [6.45, 7) is 8.79. The first-order valence-corrected chi connectivity index (χ1v) is 6.57. The van der Waals surface area contributed by atoms with Gasteiger partial charge in [0, 0.05) is 5.92 Å². The first kappa shape index (κ1) is 13.3. The Balaban J connectivity index is 2.33. The van der Waals surface area contributed by atoms with Gasteiger partial charge in [0.1, 0.15) is 6.61 Å². The molecule has 1 saturated carbocycles. The second-order valence-corrected chi connectivity index (χ2v) is 6.18. The average Bonchev–Trinajstić information content (AvgIpc) is 2.64. The van der Waals surface area contributed by atoms with Crippen molar-refractivity contribution in [3.8, 4) is 0 Å². The number of esters is 1. The maximum Gasteiger partial charge on any atom is 0.306 e. The summed E-state index contributed by atoms with van der Waals surface area (Å²) in [5.74, 6) is 0.101. The van der Waals surface area contributed by atoms with Gasteiger partial charge in [-0.05, 0) is 29.7 Å². The Bertz CT molecular complexity index is 393. The molecule has 0 radical (unpaired) electrons. The van der Waals surface area contributed by atoms with Gasteiger partial charge in [0.25, 0.3) is 0 Å². The lowest BCUT2D eigenvalue weighted by Crippen LogP contribution is -2.27. The van der Waals surface area contributed by atoms with Crippen LogP contribution in [0.2, 0.25) is 0 Å². The van der Waals surface area contributed by atoms with Crippen molar-refractivity contribution in [2.45, 2.75) is 33.1 Å². The molecule has 2 atom stereocenters. The molecule has 0 aromatic heterocycles. The highest BCUT2D eigenvalue weighted by Gasteiger charge is 2.38. The van der Waals surface area contributed by atoms with Gasteiger partial charge in [-0.1, -0.05) is 25.5 Å². The summed E-state index contributed by atoms with van der Waals surface area (Å²) in [7, 11) is 0. The number of carbonyl (C=O) groups excluding carboxylic acids is 1. The average molecular weight is 250 g/mol. The van der Waals surface area contributed by atoms with Crippen LogP contribution in [-0.4, -0.2) is 24.3 Å². The van der Waals surface area contributed by atoms with Gasteiger partial charge in [0.15, 0.2) is 0 Å². The van der Waals surface area contributed by atoms with Crippen LogP contribution in [0.3, 0.4) is 0 Å². The molecule has 1 saturated heterocycles. The third-order valence-electron chi connectivity index (χ3n) is 4.10. The second-order valence-electron chi connectivity index (χ2n) is 6.18. The quantitative estimate of drug-likeness (QED) is 0.605. The van der Waals surface area contributed by atoms with E-state index in [1.165, 1.54) is 5.57 Å². The summed E-state index contributed by atoms with van der Waals surface area (Å²) in [5, 5.41) is 9.46. The van der Waals surface area contributed by atoms with E-state index in [2.05, 4.69) is 20.4 Å². The van der Waals surface area contributed by atoms with Gasteiger partial charge in [-0.2, -0.15) is 0 Å². The molecule has 0 amide bonds. The van der Waals surface area contributed by atoms with E-state index in [9.17, 15) is 9.90 Å². The molecule has 3 nitrogen and oxygen atoms in total. The van der Waals surface area contributed by atoms with Crippen LogP contribution >= 0.6 is 0 Å². The number of rotatable bonds is 2. The minimum atomic E-state index is -0.203. The highest BCUT2D eigenvalue weighted by molar-refractivity contribution is 5.72. The van der Waals surface area contributed by atoms with Crippen LogP contribution in [0.25, 0.3) is 0 Å². The predicted octanol–water partition coefficient (Wildman–Crippen LogP) is 2.46. The smallest absolute Gasteiger partial charge is 0.306 e. The van der Waals surface area contributed by atoms with Crippen molar-refractivity contribution in [1.29, 1.82) is 0 Å². The maximum absolute atomic E-state index is 11.3. The van der Waals surface area contributed by atoms with E-state index in [1.54, 1.807) is 0 Å². The largest absolute Gasteiger partial charge is 0.461 e. The fraction of sp³-hybridized carbons (Fsp3) is 0.667. The molecule has 1 aliphatic carbocycles. The Labute approximate surface area is 109 Å². The zero-order valence-electron chi connectivity index (χ0n) is 11.2. The topological polar surface area (TPSA) is 46.5 Å². The fourth-order valence-electron chi connectivity index (χ4n) is 3.20. The number of hydrogen-bond donors (Lipinski definition) is 1. The van der Waals surface area contributed by atoms with Crippen LogP contribution in [0.5, 0.6) is 0 Å². The van der Waals surface area contributed by atoms with Crippen LogP contribution in [0, 0.1) is 17.3 Å². The molecule has 3 heteroatoms. The van der Waals surface area contributed by atoms with E-state index < -0.39 is 0 Å². The van der Waals surface area contributed by atoms with Crippen LogP contribution in [0.1, 0.15) is 33.1 Å². The first-order chi connectivity index (χ1) is 8.46.